The monoisotopic (exact) mass is 384 g/mol. The van der Waals surface area contributed by atoms with E-state index >= 15 is 0 Å². The Morgan fingerprint density at radius 2 is 0.867 bits per heavy atom. The Hall–Kier alpha value is -3.38. The first kappa shape index (κ1) is 17.5. The van der Waals surface area contributed by atoms with E-state index in [1.165, 1.54) is 66.8 Å². The maximum atomic E-state index is 2.40. The molecule has 30 heavy (non-hydrogen) atoms. The minimum Gasteiger partial charge on any atom is -0.0619 e. The van der Waals surface area contributed by atoms with Crippen molar-refractivity contribution in [2.24, 2.45) is 0 Å². The Morgan fingerprint density at radius 3 is 1.33 bits per heavy atom. The second kappa shape index (κ2) is 6.57. The van der Waals surface area contributed by atoms with E-state index in [-0.39, 0.29) is 0 Å². The summed E-state index contributed by atoms with van der Waals surface area (Å²) in [5.41, 5.74) is 16.8. The van der Waals surface area contributed by atoms with Gasteiger partial charge in [-0.05, 0) is 93.5 Å². The fourth-order valence-corrected chi connectivity index (χ4v) is 5.19. The molecule has 0 N–H and O–H groups in total. The molecule has 0 atom stereocenters. The average molecular weight is 385 g/mol. The number of fused-ring (bicyclic) bond motifs is 6. The molecular formula is C30H24. The van der Waals surface area contributed by atoms with E-state index in [1.54, 1.807) is 0 Å². The van der Waals surface area contributed by atoms with Crippen LogP contribution < -0.4 is 0 Å². The van der Waals surface area contributed by atoms with Crippen molar-refractivity contribution in [2.45, 2.75) is 26.7 Å². The first-order valence-corrected chi connectivity index (χ1v) is 10.8. The molecule has 0 saturated carbocycles. The topological polar surface area (TPSA) is 0 Å². The quantitative estimate of drug-likeness (QED) is 0.267. The largest absolute Gasteiger partial charge is 0.0619 e. The molecule has 0 heteroatoms. The van der Waals surface area contributed by atoms with Crippen LogP contribution in [-0.4, -0.2) is 0 Å². The summed E-state index contributed by atoms with van der Waals surface area (Å²) in [7, 11) is 0. The van der Waals surface area contributed by atoms with Crippen molar-refractivity contribution in [3.8, 4) is 22.3 Å². The van der Waals surface area contributed by atoms with Gasteiger partial charge in [0.25, 0.3) is 0 Å². The van der Waals surface area contributed by atoms with Gasteiger partial charge in [0.15, 0.2) is 0 Å². The maximum Gasteiger partial charge on any atom is -0.00132 e. The number of benzene rings is 4. The second-order valence-electron chi connectivity index (χ2n) is 8.66. The van der Waals surface area contributed by atoms with Crippen LogP contribution in [0.4, 0.5) is 0 Å². The molecule has 0 fully saturated rings. The number of allylic oxidation sites excluding steroid dienone is 2. The van der Waals surface area contributed by atoms with Gasteiger partial charge in [0, 0.05) is 0 Å². The van der Waals surface area contributed by atoms with E-state index in [0.29, 0.717) is 0 Å². The summed E-state index contributed by atoms with van der Waals surface area (Å²) in [5, 5.41) is 0. The highest BCUT2D eigenvalue weighted by atomic mass is 14.2. The van der Waals surface area contributed by atoms with Gasteiger partial charge < -0.3 is 0 Å². The van der Waals surface area contributed by atoms with Gasteiger partial charge in [0.05, 0.1) is 0 Å². The van der Waals surface area contributed by atoms with Crippen molar-refractivity contribution < 1.29 is 0 Å². The normalized spacial score (nSPS) is 13.9. The van der Waals surface area contributed by atoms with E-state index in [0.717, 1.165) is 12.8 Å². The lowest BCUT2D eigenvalue weighted by molar-refractivity contribution is 1.25. The zero-order valence-corrected chi connectivity index (χ0v) is 17.5. The zero-order chi connectivity index (χ0) is 20.2. The van der Waals surface area contributed by atoms with Crippen LogP contribution in [0.3, 0.4) is 0 Å². The molecule has 0 spiro atoms. The predicted octanol–water partition coefficient (Wildman–Crippen LogP) is 7.78. The van der Waals surface area contributed by atoms with Crippen molar-refractivity contribution in [1.82, 2.24) is 0 Å². The molecule has 0 nitrogen and oxygen atoms in total. The Kier molecular flexibility index (Phi) is 3.83. The lowest BCUT2D eigenvalue weighted by Gasteiger charge is -2.12. The highest BCUT2D eigenvalue weighted by molar-refractivity contribution is 5.91. The summed E-state index contributed by atoms with van der Waals surface area (Å²) >= 11 is 0. The first-order valence-electron chi connectivity index (χ1n) is 10.8. The molecule has 2 aliphatic rings. The summed E-state index contributed by atoms with van der Waals surface area (Å²) in [6.45, 7) is 4.53. The molecule has 0 unspecified atom stereocenters. The van der Waals surface area contributed by atoms with E-state index < -0.39 is 0 Å². The van der Waals surface area contributed by atoms with Crippen molar-refractivity contribution in [3.05, 3.63) is 118 Å². The molecule has 4 aromatic rings. The minimum absolute atomic E-state index is 1.04. The van der Waals surface area contributed by atoms with Crippen molar-refractivity contribution in [3.63, 3.8) is 0 Å². The molecule has 2 aliphatic carbocycles. The predicted molar refractivity (Wildman–Crippen MR) is 128 cm³/mol. The standard InChI is InChI=1S/C30H24/c1-19(21-11-13-29-25(15-21)17-23-7-3-5-9-27(23)29)20(2)22-12-14-30-26(16-22)18-24-8-4-6-10-28(24)30/h3-16H,17-18H2,1-2H3/b20-19+. The van der Waals surface area contributed by atoms with Gasteiger partial charge in [-0.1, -0.05) is 84.9 Å². The summed E-state index contributed by atoms with van der Waals surface area (Å²) in [6, 6.07) is 31.6. The lowest BCUT2D eigenvalue weighted by atomic mass is 9.92. The molecule has 144 valence electrons. The molecule has 0 saturated heterocycles. The Labute approximate surface area is 178 Å². The zero-order valence-electron chi connectivity index (χ0n) is 17.5. The number of hydrogen-bond acceptors (Lipinski definition) is 0. The van der Waals surface area contributed by atoms with Gasteiger partial charge in [0.1, 0.15) is 0 Å². The summed E-state index contributed by atoms with van der Waals surface area (Å²) < 4.78 is 0. The molecule has 0 aliphatic heterocycles. The maximum absolute atomic E-state index is 2.40. The van der Waals surface area contributed by atoms with Gasteiger partial charge in [-0.15, -0.1) is 0 Å². The molecule has 0 heterocycles. The summed E-state index contributed by atoms with van der Waals surface area (Å²) in [5.74, 6) is 0. The first-order chi connectivity index (χ1) is 14.7. The van der Waals surface area contributed by atoms with Crippen molar-refractivity contribution in [1.29, 1.82) is 0 Å². The molecule has 0 bridgehead atoms. The smallest absolute Gasteiger partial charge is 0.00132 e. The number of rotatable bonds is 2. The van der Waals surface area contributed by atoms with Crippen LogP contribution in [0, 0.1) is 0 Å². The Balaban J connectivity index is 1.37. The van der Waals surface area contributed by atoms with Gasteiger partial charge in [0.2, 0.25) is 0 Å². The van der Waals surface area contributed by atoms with Gasteiger partial charge >= 0.3 is 0 Å². The second-order valence-corrected chi connectivity index (χ2v) is 8.66. The fourth-order valence-electron chi connectivity index (χ4n) is 5.19. The van der Waals surface area contributed by atoms with E-state index in [1.807, 2.05) is 0 Å². The molecule has 6 rings (SSSR count). The van der Waals surface area contributed by atoms with E-state index in [4.69, 9.17) is 0 Å². The Bertz CT molecular complexity index is 1250. The van der Waals surface area contributed by atoms with E-state index in [9.17, 15) is 0 Å². The fraction of sp³-hybridized carbons (Fsp3) is 0.133. The van der Waals surface area contributed by atoms with E-state index in [2.05, 4.69) is 98.8 Å². The van der Waals surface area contributed by atoms with Crippen molar-refractivity contribution in [2.75, 3.05) is 0 Å². The van der Waals surface area contributed by atoms with Crippen LogP contribution in [0.25, 0.3) is 33.4 Å². The third-order valence-electron chi connectivity index (χ3n) is 7.02. The average Bonchev–Trinajstić information content (AvgIpc) is 3.35. The highest BCUT2D eigenvalue weighted by Gasteiger charge is 2.20. The molecule has 0 radical (unpaired) electrons. The number of hydrogen-bond donors (Lipinski definition) is 0. The minimum atomic E-state index is 1.04. The van der Waals surface area contributed by atoms with Crippen molar-refractivity contribution >= 4 is 11.1 Å². The van der Waals surface area contributed by atoms with Gasteiger partial charge in [-0.2, -0.15) is 0 Å². The van der Waals surface area contributed by atoms with Gasteiger partial charge in [-0.25, -0.2) is 0 Å². The third-order valence-corrected chi connectivity index (χ3v) is 7.02. The molecular weight excluding hydrogens is 360 g/mol. The molecule has 4 aromatic carbocycles. The van der Waals surface area contributed by atoms with Crippen LogP contribution in [0.5, 0.6) is 0 Å². The highest BCUT2D eigenvalue weighted by Crippen LogP contribution is 2.40. The summed E-state index contributed by atoms with van der Waals surface area (Å²) in [4.78, 5) is 0. The Morgan fingerprint density at radius 1 is 0.467 bits per heavy atom. The summed E-state index contributed by atoms with van der Waals surface area (Å²) in [6.07, 6.45) is 2.09. The molecule has 0 amide bonds. The van der Waals surface area contributed by atoms with Crippen LogP contribution in [0.2, 0.25) is 0 Å². The SMILES string of the molecule is C/C(=C(/C)c1ccc2c(c1)Cc1ccccc1-2)c1ccc2c(c1)Cc1ccccc1-2. The van der Waals surface area contributed by atoms with Crippen LogP contribution >= 0.6 is 0 Å². The van der Waals surface area contributed by atoms with Crippen LogP contribution in [0.1, 0.15) is 47.2 Å². The molecule has 0 aromatic heterocycles. The van der Waals surface area contributed by atoms with Crippen LogP contribution in [-0.2, 0) is 12.8 Å². The van der Waals surface area contributed by atoms with Crippen LogP contribution in [0.15, 0.2) is 84.9 Å². The lowest BCUT2D eigenvalue weighted by Crippen LogP contribution is -1.91. The van der Waals surface area contributed by atoms with Gasteiger partial charge in [-0.3, -0.25) is 0 Å². The third kappa shape index (κ3) is 2.60.